The van der Waals surface area contributed by atoms with E-state index in [2.05, 4.69) is 142 Å². The molecule has 0 aliphatic heterocycles. The van der Waals surface area contributed by atoms with Gasteiger partial charge in [0, 0.05) is 19.3 Å². The topological polar surface area (TPSA) is 78.9 Å². The van der Waals surface area contributed by atoms with E-state index >= 15 is 0 Å². The molecule has 0 N–H and O–H groups in total. The number of hydrogen-bond acceptors (Lipinski definition) is 6. The molecule has 0 radical (unpaired) electrons. The monoisotopic (exact) mass is 1080 g/mol. The average molecular weight is 1080 g/mol. The Kier molecular flexibility index (Phi) is 61.8. The number of allylic oxidation sites excluding steroid dienone is 20. The van der Waals surface area contributed by atoms with Gasteiger partial charge in [0.15, 0.2) is 6.10 Å². The number of rotatable bonds is 58. The van der Waals surface area contributed by atoms with Crippen molar-refractivity contribution in [2.45, 2.75) is 303 Å². The summed E-state index contributed by atoms with van der Waals surface area (Å²) in [6.45, 7) is 6.35. The Morgan fingerprint density at radius 2 is 0.513 bits per heavy atom. The summed E-state index contributed by atoms with van der Waals surface area (Å²) >= 11 is 0. The van der Waals surface area contributed by atoms with Crippen molar-refractivity contribution >= 4 is 17.9 Å². The highest BCUT2D eigenvalue weighted by atomic mass is 16.6. The number of carbonyl (C=O) groups is 3. The van der Waals surface area contributed by atoms with E-state index in [0.29, 0.717) is 19.3 Å². The smallest absolute Gasteiger partial charge is 0.306 e. The van der Waals surface area contributed by atoms with Crippen LogP contribution in [-0.2, 0) is 28.6 Å². The van der Waals surface area contributed by atoms with Crippen LogP contribution in [0.25, 0.3) is 0 Å². The second-order valence-corrected chi connectivity index (χ2v) is 21.3. The van der Waals surface area contributed by atoms with Gasteiger partial charge in [-0.1, -0.05) is 296 Å². The first-order valence-corrected chi connectivity index (χ1v) is 32.5. The SMILES string of the molecule is CC/C=C\C/C=C\C/C=C\C/C=C\C/C=C\CCCCCCCCCCCCCCCCCCCCCC(=O)OCC(COC(=O)CCCCCCCCCC)OC(=O)CCC/C=C\C/C=C\C/C=C\C/C=C\C/C=C\CC. The van der Waals surface area contributed by atoms with Gasteiger partial charge in [0.25, 0.3) is 0 Å². The van der Waals surface area contributed by atoms with Crippen LogP contribution in [0.4, 0.5) is 0 Å². The Morgan fingerprint density at radius 3 is 0.821 bits per heavy atom. The van der Waals surface area contributed by atoms with Crippen LogP contribution in [0.2, 0.25) is 0 Å². The second kappa shape index (κ2) is 65.3. The molecule has 1 unspecified atom stereocenters. The highest BCUT2D eigenvalue weighted by molar-refractivity contribution is 5.71. The quantitative estimate of drug-likeness (QED) is 0.0261. The summed E-state index contributed by atoms with van der Waals surface area (Å²) in [6.07, 6.45) is 91.1. The maximum absolute atomic E-state index is 12.8. The highest BCUT2D eigenvalue weighted by Gasteiger charge is 2.19. The molecule has 0 spiro atoms. The Bertz CT molecular complexity index is 1620. The average Bonchev–Trinajstić information content (AvgIpc) is 3.44. The first-order valence-electron chi connectivity index (χ1n) is 32.5. The molecule has 0 fully saturated rings. The maximum Gasteiger partial charge on any atom is 0.306 e. The fraction of sp³-hybridized carbons (Fsp3) is 0.681. The molecule has 0 saturated heterocycles. The van der Waals surface area contributed by atoms with Crippen molar-refractivity contribution in [3.05, 3.63) is 122 Å². The number of carbonyl (C=O) groups excluding carboxylic acids is 3. The van der Waals surface area contributed by atoms with Crippen molar-refractivity contribution in [2.75, 3.05) is 13.2 Å². The van der Waals surface area contributed by atoms with Gasteiger partial charge in [-0.2, -0.15) is 0 Å². The van der Waals surface area contributed by atoms with E-state index < -0.39 is 6.10 Å². The molecule has 1 atom stereocenters. The first-order chi connectivity index (χ1) is 38.5. The molecule has 0 heterocycles. The minimum Gasteiger partial charge on any atom is -0.462 e. The zero-order valence-electron chi connectivity index (χ0n) is 50.9. The lowest BCUT2D eigenvalue weighted by Crippen LogP contribution is -2.30. The molecule has 78 heavy (non-hydrogen) atoms. The number of esters is 3. The Morgan fingerprint density at radius 1 is 0.269 bits per heavy atom. The van der Waals surface area contributed by atoms with Gasteiger partial charge in [-0.15, -0.1) is 0 Å². The number of unbranched alkanes of at least 4 members (excludes halogenated alkanes) is 27. The standard InChI is InChI=1S/C72H120O6/c1-4-7-10-13-16-19-21-23-25-27-28-29-30-31-32-33-34-35-36-37-38-39-40-41-42-43-44-46-47-49-51-53-56-59-62-65-71(74)77-68-69(67-76-70(73)64-61-58-55-18-15-12-9-6-3)78-72(75)66-63-60-57-54-52-50-48-45-26-24-22-20-17-14-11-8-5-2/h7-8,10-11,16-17,19-20,23-26,28-29,31-32,48,50,54,57,69H,4-6,9,12-15,18,21-22,27,30,33-47,49,51-53,55-56,58-68H2,1-3H3/b10-7-,11-8-,19-16-,20-17-,25-23-,26-24-,29-28-,32-31-,50-48-,57-54-. The fourth-order valence-corrected chi connectivity index (χ4v) is 8.92. The van der Waals surface area contributed by atoms with Gasteiger partial charge in [0.05, 0.1) is 0 Å². The Labute approximate surface area is 482 Å². The lowest BCUT2D eigenvalue weighted by atomic mass is 10.0. The van der Waals surface area contributed by atoms with Crippen molar-refractivity contribution in [1.29, 1.82) is 0 Å². The van der Waals surface area contributed by atoms with Crippen molar-refractivity contribution in [1.82, 2.24) is 0 Å². The normalized spacial score (nSPS) is 12.9. The molecule has 0 rings (SSSR count). The predicted octanol–water partition coefficient (Wildman–Crippen LogP) is 22.4. The van der Waals surface area contributed by atoms with E-state index in [-0.39, 0.29) is 37.5 Å². The molecule has 6 nitrogen and oxygen atoms in total. The second-order valence-electron chi connectivity index (χ2n) is 21.3. The van der Waals surface area contributed by atoms with Crippen LogP contribution < -0.4 is 0 Å². The Hall–Kier alpha value is -4.19. The third-order valence-corrected chi connectivity index (χ3v) is 13.7. The van der Waals surface area contributed by atoms with Crippen molar-refractivity contribution in [3.8, 4) is 0 Å². The van der Waals surface area contributed by atoms with Gasteiger partial charge in [-0.25, -0.2) is 0 Å². The van der Waals surface area contributed by atoms with Gasteiger partial charge >= 0.3 is 17.9 Å². The van der Waals surface area contributed by atoms with Crippen LogP contribution in [0, 0.1) is 0 Å². The zero-order valence-corrected chi connectivity index (χ0v) is 50.9. The van der Waals surface area contributed by atoms with Crippen molar-refractivity contribution < 1.29 is 28.6 Å². The molecule has 0 aliphatic rings. The van der Waals surface area contributed by atoms with E-state index in [4.69, 9.17) is 14.2 Å². The van der Waals surface area contributed by atoms with Gasteiger partial charge < -0.3 is 14.2 Å². The minimum atomic E-state index is -0.805. The van der Waals surface area contributed by atoms with E-state index in [1.807, 2.05) is 0 Å². The van der Waals surface area contributed by atoms with Gasteiger partial charge in [0.2, 0.25) is 0 Å². The maximum atomic E-state index is 12.8. The summed E-state index contributed by atoms with van der Waals surface area (Å²) in [5.41, 5.74) is 0. The molecular formula is C72H120O6. The molecule has 0 aromatic rings. The molecule has 0 amide bonds. The van der Waals surface area contributed by atoms with E-state index in [1.54, 1.807) is 0 Å². The summed E-state index contributed by atoms with van der Waals surface area (Å²) in [5.74, 6) is -0.956. The molecule has 0 saturated carbocycles. The van der Waals surface area contributed by atoms with Gasteiger partial charge in [-0.3, -0.25) is 14.4 Å². The summed E-state index contributed by atoms with van der Waals surface area (Å²) in [7, 11) is 0. The van der Waals surface area contributed by atoms with Crippen LogP contribution in [-0.4, -0.2) is 37.2 Å². The van der Waals surface area contributed by atoms with Crippen LogP contribution in [0.1, 0.15) is 297 Å². The summed E-state index contributed by atoms with van der Waals surface area (Å²) in [5, 5.41) is 0. The summed E-state index contributed by atoms with van der Waals surface area (Å²) < 4.78 is 16.8. The first kappa shape index (κ1) is 73.8. The third-order valence-electron chi connectivity index (χ3n) is 13.7. The molecule has 6 heteroatoms. The minimum absolute atomic E-state index is 0.0985. The van der Waals surface area contributed by atoms with Crippen molar-refractivity contribution in [2.24, 2.45) is 0 Å². The van der Waals surface area contributed by atoms with Crippen LogP contribution in [0.3, 0.4) is 0 Å². The van der Waals surface area contributed by atoms with Gasteiger partial charge in [0.1, 0.15) is 13.2 Å². The molecule has 0 aromatic heterocycles. The Balaban J connectivity index is 4.08. The molecule has 0 bridgehead atoms. The van der Waals surface area contributed by atoms with Crippen molar-refractivity contribution in [3.63, 3.8) is 0 Å². The molecule has 0 aliphatic carbocycles. The number of ether oxygens (including phenoxy) is 3. The number of hydrogen-bond donors (Lipinski definition) is 0. The zero-order chi connectivity index (χ0) is 56.4. The third kappa shape index (κ3) is 62.7. The highest BCUT2D eigenvalue weighted by Crippen LogP contribution is 2.16. The fourth-order valence-electron chi connectivity index (χ4n) is 8.92. The van der Waals surface area contributed by atoms with Crippen LogP contribution in [0.5, 0.6) is 0 Å². The van der Waals surface area contributed by atoms with E-state index in [9.17, 15) is 14.4 Å². The molecular weight excluding hydrogens is 961 g/mol. The lowest BCUT2D eigenvalue weighted by molar-refractivity contribution is -0.167. The van der Waals surface area contributed by atoms with Gasteiger partial charge in [-0.05, 0) is 103 Å². The predicted molar refractivity (Wildman–Crippen MR) is 339 cm³/mol. The molecule has 0 aromatic carbocycles. The molecule has 444 valence electrons. The summed E-state index contributed by atoms with van der Waals surface area (Å²) in [4.78, 5) is 38.1. The lowest BCUT2D eigenvalue weighted by Gasteiger charge is -2.18. The largest absolute Gasteiger partial charge is 0.462 e. The summed E-state index contributed by atoms with van der Waals surface area (Å²) in [6, 6.07) is 0. The van der Waals surface area contributed by atoms with Crippen LogP contribution >= 0.6 is 0 Å². The van der Waals surface area contributed by atoms with E-state index in [1.165, 1.54) is 141 Å². The van der Waals surface area contributed by atoms with E-state index in [0.717, 1.165) is 109 Å². The van der Waals surface area contributed by atoms with Crippen LogP contribution in [0.15, 0.2) is 122 Å².